The number of sulfonamides is 2. The van der Waals surface area contributed by atoms with Crippen LogP contribution < -0.4 is 0 Å². The van der Waals surface area contributed by atoms with Crippen LogP contribution in [0.3, 0.4) is 0 Å². The average molecular weight is 747 g/mol. The van der Waals surface area contributed by atoms with Gasteiger partial charge < -0.3 is 14.6 Å². The molecule has 1 N–H and O–H groups in total. The molecule has 0 spiro atoms. The van der Waals surface area contributed by atoms with E-state index in [0.717, 1.165) is 48.9 Å². The van der Waals surface area contributed by atoms with Gasteiger partial charge in [-0.05, 0) is 30.5 Å². The lowest BCUT2D eigenvalue weighted by Crippen LogP contribution is -2.56. The predicted octanol–water partition coefficient (Wildman–Crippen LogP) is 2.94. The lowest BCUT2D eigenvalue weighted by molar-refractivity contribution is -0.388. The van der Waals surface area contributed by atoms with Crippen LogP contribution >= 0.6 is 0 Å². The third-order valence-electron chi connectivity index (χ3n) is 8.18. The number of benzene rings is 3. The van der Waals surface area contributed by atoms with Crippen molar-refractivity contribution in [2.75, 3.05) is 14.2 Å². The van der Waals surface area contributed by atoms with Crippen molar-refractivity contribution in [2.24, 2.45) is 0 Å². The fraction of sp³-hybridized carbons (Fsp3) is 0.312. The van der Waals surface area contributed by atoms with Crippen molar-refractivity contribution in [2.45, 2.75) is 59.8 Å². The molecular weight excluding hydrogens is 713 g/mol. The van der Waals surface area contributed by atoms with Gasteiger partial charge in [0.15, 0.2) is 9.79 Å². The number of carbonyl (C=O) groups excluding carboxylic acids is 2. The van der Waals surface area contributed by atoms with E-state index in [-0.39, 0.29) is 0 Å². The molecule has 0 unspecified atom stereocenters. The zero-order valence-electron chi connectivity index (χ0n) is 27.2. The molecule has 0 saturated heterocycles. The van der Waals surface area contributed by atoms with E-state index in [0.29, 0.717) is 9.87 Å². The van der Waals surface area contributed by atoms with Gasteiger partial charge in [0.1, 0.15) is 6.04 Å². The third-order valence-corrected chi connectivity index (χ3v) is 12.1. The van der Waals surface area contributed by atoms with Gasteiger partial charge in [0.2, 0.25) is 0 Å². The number of ether oxygens (including phenoxy) is 2. The first kappa shape index (κ1) is 38.7. The maximum atomic E-state index is 14.5. The number of aliphatic hydroxyl groups excluding tert-OH is 1. The highest BCUT2D eigenvalue weighted by Gasteiger charge is 2.48. The quantitative estimate of drug-likeness (QED) is 0.102. The second-order valence-electron chi connectivity index (χ2n) is 11.2. The Morgan fingerprint density at radius 2 is 1.35 bits per heavy atom. The minimum atomic E-state index is -5.07. The van der Waals surface area contributed by atoms with Gasteiger partial charge in [-0.1, -0.05) is 66.7 Å². The van der Waals surface area contributed by atoms with E-state index < -0.39 is 113 Å². The van der Waals surface area contributed by atoms with E-state index in [1.807, 2.05) is 0 Å². The molecule has 0 heterocycles. The number of nitrogens with zero attached hydrogens (tertiary/aromatic N) is 4. The van der Waals surface area contributed by atoms with E-state index in [9.17, 15) is 51.8 Å². The Morgan fingerprint density at radius 1 is 0.824 bits per heavy atom. The molecule has 4 atom stereocenters. The third kappa shape index (κ3) is 8.46. The molecule has 4 rings (SSSR count). The van der Waals surface area contributed by atoms with Crippen LogP contribution in [0.15, 0.2) is 101 Å². The zero-order valence-corrected chi connectivity index (χ0v) is 28.9. The number of methoxy groups -OCH3 is 2. The van der Waals surface area contributed by atoms with Crippen molar-refractivity contribution in [3.8, 4) is 0 Å². The van der Waals surface area contributed by atoms with Gasteiger partial charge in [0, 0.05) is 31.1 Å². The molecule has 3 aromatic rings. The summed E-state index contributed by atoms with van der Waals surface area (Å²) in [6, 6.07) is 12.2. The number of nitro benzene ring substituents is 2. The summed E-state index contributed by atoms with van der Waals surface area (Å²) < 4.78 is 68.8. The number of aliphatic hydroxyl groups is 1. The van der Waals surface area contributed by atoms with Crippen molar-refractivity contribution in [1.82, 2.24) is 8.61 Å². The van der Waals surface area contributed by atoms with Crippen molar-refractivity contribution in [3.63, 3.8) is 0 Å². The Bertz CT molecular complexity index is 2020. The fourth-order valence-corrected chi connectivity index (χ4v) is 9.49. The number of esters is 2. The Morgan fingerprint density at radius 3 is 1.88 bits per heavy atom. The maximum absolute atomic E-state index is 14.5. The Hall–Kier alpha value is -5.08. The first-order chi connectivity index (χ1) is 24.1. The maximum Gasteiger partial charge on any atom is 0.324 e. The van der Waals surface area contributed by atoms with E-state index in [1.54, 1.807) is 30.3 Å². The summed E-state index contributed by atoms with van der Waals surface area (Å²) in [5, 5.41) is 35.2. The summed E-state index contributed by atoms with van der Waals surface area (Å²) in [7, 11) is -7.87. The van der Waals surface area contributed by atoms with Crippen LogP contribution in [-0.2, 0) is 45.7 Å². The van der Waals surface area contributed by atoms with Crippen LogP contribution in [0.25, 0.3) is 0 Å². The number of hydrogen-bond acceptors (Lipinski definition) is 13. The average Bonchev–Trinajstić information content (AvgIpc) is 3.12. The topological polar surface area (TPSA) is 234 Å². The number of rotatable bonds is 15. The van der Waals surface area contributed by atoms with Crippen molar-refractivity contribution < 1.29 is 50.9 Å². The van der Waals surface area contributed by atoms with Crippen molar-refractivity contribution >= 4 is 43.4 Å². The molecule has 3 aromatic carbocycles. The first-order valence-electron chi connectivity index (χ1n) is 15.2. The van der Waals surface area contributed by atoms with E-state index in [4.69, 9.17) is 4.74 Å². The summed E-state index contributed by atoms with van der Waals surface area (Å²) >= 11 is 0. The van der Waals surface area contributed by atoms with Crippen LogP contribution in [-0.4, -0.2) is 90.8 Å². The monoisotopic (exact) mass is 746 g/mol. The fourth-order valence-electron chi connectivity index (χ4n) is 5.77. The Kier molecular flexibility index (Phi) is 12.4. The highest BCUT2D eigenvalue weighted by atomic mass is 32.2. The van der Waals surface area contributed by atoms with Gasteiger partial charge in [-0.3, -0.25) is 29.8 Å². The highest BCUT2D eigenvalue weighted by Crippen LogP contribution is 2.37. The molecule has 0 saturated carbocycles. The molecule has 0 aromatic heterocycles. The molecule has 0 amide bonds. The molecule has 1 aliphatic rings. The molecule has 0 radical (unpaired) electrons. The molecule has 272 valence electrons. The standard InChI is InChI=1S/C32H34N4O13S2/c1-48-31(38)19-17-26(32(39)49-2)34(51(46,47)30-15-9-7-13-25(30)36(42)43)23-16-18-28(37)27(20-23)33(21-22-10-4-3-5-11-22)50(44,45)29-14-8-6-12-24(29)35(40)41/h3-16,18,23,26-28,37H,17,19-21H2,1-2H3/t23-,26-,27-,28+/m0/s1. The molecule has 1 aliphatic carbocycles. The number of nitro groups is 2. The summed E-state index contributed by atoms with van der Waals surface area (Å²) in [5.41, 5.74) is -1.17. The van der Waals surface area contributed by atoms with E-state index in [2.05, 4.69) is 4.74 Å². The normalized spacial score (nSPS) is 18.3. The minimum Gasteiger partial charge on any atom is -0.469 e. The second-order valence-corrected chi connectivity index (χ2v) is 14.9. The van der Waals surface area contributed by atoms with Gasteiger partial charge in [-0.25, -0.2) is 16.8 Å². The number of hydrogen-bond donors (Lipinski definition) is 1. The summed E-state index contributed by atoms with van der Waals surface area (Å²) in [4.78, 5) is 46.0. The van der Waals surface area contributed by atoms with Crippen LogP contribution in [0.2, 0.25) is 0 Å². The van der Waals surface area contributed by atoms with Crippen LogP contribution in [0.4, 0.5) is 11.4 Å². The Balaban J connectivity index is 1.93. The predicted molar refractivity (Wildman–Crippen MR) is 179 cm³/mol. The van der Waals surface area contributed by atoms with Crippen LogP contribution in [0.1, 0.15) is 24.8 Å². The van der Waals surface area contributed by atoms with E-state index >= 15 is 0 Å². The van der Waals surface area contributed by atoms with Gasteiger partial charge in [0.05, 0.1) is 36.2 Å². The highest BCUT2D eigenvalue weighted by molar-refractivity contribution is 7.89. The van der Waals surface area contributed by atoms with Gasteiger partial charge in [-0.15, -0.1) is 0 Å². The lowest BCUT2D eigenvalue weighted by Gasteiger charge is -2.41. The SMILES string of the molecule is COC(=O)CC[C@@H](C(=O)OC)N([C@H]1C=C[C@@H](O)[C@@H](N(Cc2ccccc2)S(=O)(=O)c2ccccc2[N+](=O)[O-])C1)S(=O)(=O)c1ccccc1[N+](=O)[O-]. The largest absolute Gasteiger partial charge is 0.469 e. The van der Waals surface area contributed by atoms with E-state index in [1.165, 1.54) is 30.3 Å². The molecule has 0 aliphatic heterocycles. The lowest BCUT2D eigenvalue weighted by atomic mass is 9.93. The van der Waals surface area contributed by atoms with Crippen molar-refractivity contribution in [3.05, 3.63) is 117 Å². The van der Waals surface area contributed by atoms with Gasteiger partial charge in [-0.2, -0.15) is 8.61 Å². The molecule has 0 bridgehead atoms. The van der Waals surface area contributed by atoms with Gasteiger partial charge >= 0.3 is 11.9 Å². The molecule has 51 heavy (non-hydrogen) atoms. The molecule has 19 heteroatoms. The molecule has 17 nitrogen and oxygen atoms in total. The Labute approximate surface area is 293 Å². The van der Waals surface area contributed by atoms with Crippen LogP contribution in [0.5, 0.6) is 0 Å². The summed E-state index contributed by atoms with van der Waals surface area (Å²) in [6.07, 6.45) is -0.880. The first-order valence-corrected chi connectivity index (χ1v) is 18.1. The number of carbonyl (C=O) groups is 2. The van der Waals surface area contributed by atoms with Crippen molar-refractivity contribution in [1.29, 1.82) is 0 Å². The second kappa shape index (κ2) is 16.3. The number of para-hydroxylation sites is 2. The molecule has 0 fully saturated rings. The minimum absolute atomic E-state index is 0.410. The van der Waals surface area contributed by atoms with Crippen LogP contribution in [0, 0.1) is 20.2 Å². The smallest absolute Gasteiger partial charge is 0.324 e. The molecular formula is C32H34N4O13S2. The summed E-state index contributed by atoms with van der Waals surface area (Å²) in [6.45, 7) is -0.433. The zero-order chi connectivity index (χ0) is 37.5. The van der Waals surface area contributed by atoms with Gasteiger partial charge in [0.25, 0.3) is 31.4 Å². The summed E-state index contributed by atoms with van der Waals surface area (Å²) in [5.74, 6) is -1.96.